The maximum Gasteiger partial charge on any atom is 0.251 e. The van der Waals surface area contributed by atoms with E-state index in [9.17, 15) is 19.0 Å². The fraction of sp³-hybridized carbons (Fsp3) is 0.480. The van der Waals surface area contributed by atoms with Crippen LogP contribution in [0.4, 0.5) is 14.6 Å². The molecule has 2 heterocycles. The first-order valence-electron chi connectivity index (χ1n) is 11.7. The van der Waals surface area contributed by atoms with Crippen molar-refractivity contribution in [3.05, 3.63) is 40.2 Å². The van der Waals surface area contributed by atoms with Crippen molar-refractivity contribution in [1.82, 2.24) is 15.3 Å². The van der Waals surface area contributed by atoms with Crippen LogP contribution in [-0.4, -0.2) is 71.2 Å². The van der Waals surface area contributed by atoms with Gasteiger partial charge in [-0.1, -0.05) is 11.6 Å². The van der Waals surface area contributed by atoms with E-state index in [1.54, 1.807) is 37.1 Å². The number of allylic oxidation sites excluding steroid dienone is 2. The Morgan fingerprint density at radius 2 is 1.94 bits per heavy atom. The van der Waals surface area contributed by atoms with Crippen molar-refractivity contribution in [2.45, 2.75) is 45.6 Å². The standard InChI is InChI=1S/C25H32ClF2N5O3/c1-14-22(21(15(2)29)16(3)34)31-23(32-24(14)33-9-7-25(27,28)8-10-33)19-11-18(5-6-20(19)26)36-13-17(35)12-30-4/h5-6,11,17,29-30,34-35H,7-10,12-13H2,1-4H3/b21-16+,29-15?/t17-/m1/s1. The van der Waals surface area contributed by atoms with E-state index < -0.39 is 12.0 Å². The second-order valence-electron chi connectivity index (χ2n) is 8.94. The molecule has 1 aromatic heterocycles. The van der Waals surface area contributed by atoms with Gasteiger partial charge in [0.2, 0.25) is 0 Å². The Balaban J connectivity index is 2.12. The van der Waals surface area contributed by atoms with Crippen LogP contribution in [0.3, 0.4) is 0 Å². The fourth-order valence-corrected chi connectivity index (χ4v) is 4.30. The number of rotatable bonds is 9. The number of ether oxygens (including phenoxy) is 1. The maximum atomic E-state index is 13.9. The average Bonchev–Trinajstić information content (AvgIpc) is 2.80. The molecule has 0 radical (unpaired) electrons. The molecule has 0 unspecified atom stereocenters. The molecule has 2 aromatic rings. The van der Waals surface area contributed by atoms with Crippen molar-refractivity contribution in [3.8, 4) is 17.1 Å². The SMILES string of the molecule is CNC[C@@H](O)COc1ccc(Cl)c(-c2nc(/C(C(C)=N)=C(\C)O)c(C)c(N3CCC(F)(F)CC3)n2)c1. The molecule has 1 aromatic carbocycles. The molecule has 8 nitrogen and oxygen atoms in total. The first-order valence-corrected chi connectivity index (χ1v) is 12.0. The zero-order chi connectivity index (χ0) is 26.6. The highest BCUT2D eigenvalue weighted by Gasteiger charge is 2.35. The predicted molar refractivity (Wildman–Crippen MR) is 138 cm³/mol. The number of benzene rings is 1. The van der Waals surface area contributed by atoms with E-state index >= 15 is 0 Å². The molecule has 1 saturated heterocycles. The zero-order valence-electron chi connectivity index (χ0n) is 20.8. The van der Waals surface area contributed by atoms with Gasteiger partial charge in [0.15, 0.2) is 5.82 Å². The van der Waals surface area contributed by atoms with Crippen LogP contribution in [0.25, 0.3) is 17.0 Å². The minimum absolute atomic E-state index is 0.0543. The highest BCUT2D eigenvalue weighted by Crippen LogP contribution is 2.37. The van der Waals surface area contributed by atoms with Gasteiger partial charge in [-0.05, 0) is 46.0 Å². The third-order valence-electron chi connectivity index (χ3n) is 5.95. The van der Waals surface area contributed by atoms with Crippen LogP contribution in [0, 0.1) is 12.3 Å². The predicted octanol–water partition coefficient (Wildman–Crippen LogP) is 4.63. The Hall–Kier alpha value is -2.82. The van der Waals surface area contributed by atoms with Crippen LogP contribution in [0.2, 0.25) is 5.02 Å². The largest absolute Gasteiger partial charge is 0.512 e. The molecule has 0 bridgehead atoms. The average molecular weight is 524 g/mol. The summed E-state index contributed by atoms with van der Waals surface area (Å²) in [6, 6.07) is 4.92. The number of likely N-dealkylation sites (N-methyl/N-ethyl adjacent to an activating group) is 1. The van der Waals surface area contributed by atoms with E-state index in [1.807, 2.05) is 0 Å². The van der Waals surface area contributed by atoms with Gasteiger partial charge >= 0.3 is 0 Å². The molecular weight excluding hydrogens is 492 g/mol. The molecular formula is C25H32ClF2N5O3. The topological polar surface area (TPSA) is 115 Å². The second-order valence-corrected chi connectivity index (χ2v) is 9.34. The van der Waals surface area contributed by atoms with Gasteiger partial charge in [-0.15, -0.1) is 0 Å². The highest BCUT2D eigenvalue weighted by atomic mass is 35.5. The summed E-state index contributed by atoms with van der Waals surface area (Å²) in [5.74, 6) is -1.74. The lowest BCUT2D eigenvalue weighted by Gasteiger charge is -2.34. The van der Waals surface area contributed by atoms with Gasteiger partial charge < -0.3 is 30.6 Å². The molecule has 0 aliphatic carbocycles. The summed E-state index contributed by atoms with van der Waals surface area (Å²) < 4.78 is 33.4. The number of hydrogen-bond acceptors (Lipinski definition) is 8. The Morgan fingerprint density at radius 1 is 1.28 bits per heavy atom. The molecule has 4 N–H and O–H groups in total. The van der Waals surface area contributed by atoms with Gasteiger partial charge in [0.25, 0.3) is 5.92 Å². The number of nitrogens with zero attached hydrogens (tertiary/aromatic N) is 3. The van der Waals surface area contributed by atoms with Crippen LogP contribution in [-0.2, 0) is 0 Å². The summed E-state index contributed by atoms with van der Waals surface area (Å²) in [4.78, 5) is 11.1. The summed E-state index contributed by atoms with van der Waals surface area (Å²) in [6.07, 6.45) is -1.31. The lowest BCUT2D eigenvalue weighted by molar-refractivity contribution is -0.0221. The molecule has 1 atom stereocenters. The smallest absolute Gasteiger partial charge is 0.251 e. The van der Waals surface area contributed by atoms with Gasteiger partial charge in [-0.25, -0.2) is 18.7 Å². The number of aliphatic hydroxyl groups excluding tert-OH is 2. The highest BCUT2D eigenvalue weighted by molar-refractivity contribution is 6.33. The van der Waals surface area contributed by atoms with Crippen molar-refractivity contribution in [1.29, 1.82) is 5.41 Å². The molecule has 1 fully saturated rings. The van der Waals surface area contributed by atoms with Crippen LogP contribution < -0.4 is 15.0 Å². The summed E-state index contributed by atoms with van der Waals surface area (Å²) in [5, 5.41) is 31.7. The van der Waals surface area contributed by atoms with Crippen LogP contribution in [0.5, 0.6) is 5.75 Å². The number of aliphatic hydroxyl groups is 2. The van der Waals surface area contributed by atoms with Gasteiger partial charge in [0, 0.05) is 49.3 Å². The number of aromatic nitrogens is 2. The molecule has 0 amide bonds. The van der Waals surface area contributed by atoms with E-state index in [1.165, 1.54) is 13.8 Å². The summed E-state index contributed by atoms with van der Waals surface area (Å²) in [7, 11) is 1.73. The van der Waals surface area contributed by atoms with Crippen molar-refractivity contribution in [3.63, 3.8) is 0 Å². The fourth-order valence-electron chi connectivity index (χ4n) is 4.10. The number of nitrogens with one attached hydrogen (secondary N) is 2. The number of alkyl halides is 2. The number of hydrogen-bond donors (Lipinski definition) is 4. The lowest BCUT2D eigenvalue weighted by Crippen LogP contribution is -2.40. The quantitative estimate of drug-likeness (QED) is 0.280. The Labute approximate surface area is 214 Å². The third-order valence-corrected chi connectivity index (χ3v) is 6.28. The monoisotopic (exact) mass is 523 g/mol. The number of anilines is 1. The first-order chi connectivity index (χ1) is 16.9. The van der Waals surface area contributed by atoms with E-state index in [-0.39, 0.29) is 55.4 Å². The van der Waals surface area contributed by atoms with E-state index in [2.05, 4.69) is 10.3 Å². The van der Waals surface area contributed by atoms with E-state index in [0.29, 0.717) is 40.0 Å². The minimum Gasteiger partial charge on any atom is -0.512 e. The summed E-state index contributed by atoms with van der Waals surface area (Å²) in [6.45, 7) is 5.37. The zero-order valence-corrected chi connectivity index (χ0v) is 21.6. The third kappa shape index (κ3) is 6.48. The normalized spacial score (nSPS) is 16.9. The van der Waals surface area contributed by atoms with Gasteiger partial charge in [-0.3, -0.25) is 0 Å². The molecule has 3 rings (SSSR count). The van der Waals surface area contributed by atoms with Crippen LogP contribution in [0.15, 0.2) is 24.0 Å². The van der Waals surface area contributed by atoms with Crippen molar-refractivity contribution < 1.29 is 23.7 Å². The number of halogens is 3. The molecule has 36 heavy (non-hydrogen) atoms. The molecule has 0 spiro atoms. The molecule has 11 heteroatoms. The molecule has 196 valence electrons. The van der Waals surface area contributed by atoms with Crippen LogP contribution in [0.1, 0.15) is 37.9 Å². The minimum atomic E-state index is -2.73. The van der Waals surface area contributed by atoms with Crippen LogP contribution >= 0.6 is 11.6 Å². The first kappa shape index (κ1) is 27.8. The lowest BCUT2D eigenvalue weighted by atomic mass is 10.0. The summed E-state index contributed by atoms with van der Waals surface area (Å²) in [5.41, 5.74) is 1.66. The van der Waals surface area contributed by atoms with Gasteiger partial charge in [-0.2, -0.15) is 0 Å². The number of piperidine rings is 1. The van der Waals surface area contributed by atoms with Crippen molar-refractivity contribution in [2.75, 3.05) is 38.2 Å². The molecule has 1 aliphatic heterocycles. The Morgan fingerprint density at radius 3 is 2.53 bits per heavy atom. The second kappa shape index (κ2) is 11.5. The van der Waals surface area contributed by atoms with Gasteiger partial charge in [0.1, 0.15) is 30.0 Å². The molecule has 1 aliphatic rings. The Bertz CT molecular complexity index is 1140. The maximum absolute atomic E-state index is 13.9. The van der Waals surface area contributed by atoms with Gasteiger partial charge in [0.05, 0.1) is 16.3 Å². The van der Waals surface area contributed by atoms with Crippen molar-refractivity contribution >= 4 is 28.7 Å². The Kier molecular flexibility index (Phi) is 8.86. The van der Waals surface area contributed by atoms with E-state index in [0.717, 1.165) is 0 Å². The molecule has 0 saturated carbocycles. The van der Waals surface area contributed by atoms with E-state index in [4.69, 9.17) is 26.7 Å². The summed E-state index contributed by atoms with van der Waals surface area (Å²) >= 11 is 6.50. The van der Waals surface area contributed by atoms with Crippen molar-refractivity contribution in [2.24, 2.45) is 0 Å².